The molecule has 1 saturated heterocycles. The monoisotopic (exact) mass is 321 g/mol. The van der Waals surface area contributed by atoms with Gasteiger partial charge in [-0.1, -0.05) is 5.21 Å². The molecule has 1 aromatic heterocycles. The number of nitrogens with zero attached hydrogens (tertiary/aromatic N) is 5. The molecule has 8 heteroatoms. The third-order valence-electron chi connectivity index (χ3n) is 3.99. The zero-order valence-electron chi connectivity index (χ0n) is 12.9. The molecule has 1 atom stereocenters. The van der Waals surface area contributed by atoms with Gasteiger partial charge in [0.25, 0.3) is 11.8 Å². The first kappa shape index (κ1) is 15.5. The number of alkyl halides is 2. The zero-order valence-corrected chi connectivity index (χ0v) is 12.9. The molecule has 1 aliphatic rings. The van der Waals surface area contributed by atoms with Crippen LogP contribution in [-0.2, 0) is 0 Å². The standard InChI is InChI=1S/C15H17F2N5O/c1-20(2)13-9-21(10-15(13,16)17)14(23)11-3-5-12(6-4-11)22-8-7-18-19-22/h3-8,13H,9-10H2,1-2H3. The van der Waals surface area contributed by atoms with Gasteiger partial charge in [0.15, 0.2) is 0 Å². The fourth-order valence-electron chi connectivity index (χ4n) is 2.75. The highest BCUT2D eigenvalue weighted by Crippen LogP contribution is 2.31. The lowest BCUT2D eigenvalue weighted by Gasteiger charge is -2.23. The van der Waals surface area contributed by atoms with Gasteiger partial charge in [0.2, 0.25) is 0 Å². The van der Waals surface area contributed by atoms with E-state index in [1.165, 1.54) is 9.80 Å². The SMILES string of the molecule is CN(C)C1CN(C(=O)c2ccc(-n3ccnn3)cc2)CC1(F)F. The fourth-order valence-corrected chi connectivity index (χ4v) is 2.75. The van der Waals surface area contributed by atoms with E-state index in [1.54, 1.807) is 55.4 Å². The molecule has 0 aliphatic carbocycles. The predicted molar refractivity (Wildman–Crippen MR) is 79.7 cm³/mol. The lowest BCUT2D eigenvalue weighted by atomic mass is 10.2. The molecule has 1 aromatic carbocycles. The van der Waals surface area contributed by atoms with Crippen molar-refractivity contribution in [2.24, 2.45) is 0 Å². The van der Waals surface area contributed by atoms with Crippen LogP contribution in [0.25, 0.3) is 5.69 Å². The van der Waals surface area contributed by atoms with Crippen LogP contribution in [0, 0.1) is 0 Å². The number of likely N-dealkylation sites (tertiary alicyclic amines) is 1. The number of hydrogen-bond acceptors (Lipinski definition) is 4. The van der Waals surface area contributed by atoms with Crippen LogP contribution in [0.2, 0.25) is 0 Å². The first-order chi connectivity index (χ1) is 10.9. The van der Waals surface area contributed by atoms with Gasteiger partial charge >= 0.3 is 0 Å². The number of amides is 1. The van der Waals surface area contributed by atoms with Crippen molar-refractivity contribution < 1.29 is 13.6 Å². The summed E-state index contributed by atoms with van der Waals surface area (Å²) in [6.07, 6.45) is 3.23. The van der Waals surface area contributed by atoms with Crippen LogP contribution < -0.4 is 0 Å². The summed E-state index contributed by atoms with van der Waals surface area (Å²) in [5.74, 6) is -3.29. The molecule has 1 unspecified atom stereocenters. The molecular weight excluding hydrogens is 304 g/mol. The topological polar surface area (TPSA) is 54.3 Å². The van der Waals surface area contributed by atoms with Crippen molar-refractivity contribution in [3.63, 3.8) is 0 Å². The third-order valence-corrected chi connectivity index (χ3v) is 3.99. The van der Waals surface area contributed by atoms with Crippen molar-refractivity contribution in [3.8, 4) is 5.69 Å². The molecule has 1 aliphatic heterocycles. The van der Waals surface area contributed by atoms with Crippen molar-refractivity contribution in [3.05, 3.63) is 42.2 Å². The summed E-state index contributed by atoms with van der Waals surface area (Å²) >= 11 is 0. The lowest BCUT2D eigenvalue weighted by molar-refractivity contribution is -0.0374. The summed E-state index contributed by atoms with van der Waals surface area (Å²) < 4.78 is 29.5. The van der Waals surface area contributed by atoms with E-state index in [2.05, 4.69) is 10.3 Å². The molecule has 122 valence electrons. The molecule has 1 amide bonds. The van der Waals surface area contributed by atoms with E-state index in [0.29, 0.717) is 5.56 Å². The quantitative estimate of drug-likeness (QED) is 0.855. The Balaban J connectivity index is 1.76. The van der Waals surface area contributed by atoms with Crippen LogP contribution >= 0.6 is 0 Å². The largest absolute Gasteiger partial charge is 0.331 e. The molecule has 1 fully saturated rings. The van der Waals surface area contributed by atoms with Gasteiger partial charge < -0.3 is 4.90 Å². The minimum absolute atomic E-state index is 0.0175. The van der Waals surface area contributed by atoms with E-state index >= 15 is 0 Å². The van der Waals surface area contributed by atoms with Gasteiger partial charge in [-0.05, 0) is 38.4 Å². The summed E-state index contributed by atoms with van der Waals surface area (Å²) in [6, 6.07) is 5.68. The van der Waals surface area contributed by atoms with Crippen molar-refractivity contribution >= 4 is 5.91 Å². The highest BCUT2D eigenvalue weighted by Gasteiger charge is 2.50. The lowest BCUT2D eigenvalue weighted by Crippen LogP contribution is -2.42. The first-order valence-electron chi connectivity index (χ1n) is 7.19. The van der Waals surface area contributed by atoms with E-state index in [0.717, 1.165) is 5.69 Å². The molecule has 0 saturated carbocycles. The summed E-state index contributed by atoms with van der Waals surface area (Å²) in [5, 5.41) is 7.56. The Morgan fingerprint density at radius 3 is 2.52 bits per heavy atom. The Labute approximate surface area is 132 Å². The molecular formula is C15H17F2N5O. The van der Waals surface area contributed by atoms with E-state index in [-0.39, 0.29) is 12.5 Å². The second kappa shape index (κ2) is 5.69. The Morgan fingerprint density at radius 1 is 1.30 bits per heavy atom. The van der Waals surface area contributed by atoms with Crippen LogP contribution in [-0.4, -0.2) is 69.9 Å². The Hall–Kier alpha value is -2.35. The van der Waals surface area contributed by atoms with Gasteiger partial charge in [0.05, 0.1) is 30.7 Å². The smallest absolute Gasteiger partial charge is 0.282 e. The third kappa shape index (κ3) is 2.94. The number of carbonyl (C=O) groups is 1. The molecule has 0 spiro atoms. The van der Waals surface area contributed by atoms with Gasteiger partial charge in [-0.2, -0.15) is 0 Å². The minimum atomic E-state index is -2.90. The van der Waals surface area contributed by atoms with Crippen LogP contribution in [0.3, 0.4) is 0 Å². The fraction of sp³-hybridized carbons (Fsp3) is 0.400. The Bertz CT molecular complexity index is 684. The van der Waals surface area contributed by atoms with Crippen molar-refractivity contribution in [1.29, 1.82) is 0 Å². The summed E-state index contributed by atoms with van der Waals surface area (Å²) in [5.41, 5.74) is 1.13. The highest BCUT2D eigenvalue weighted by molar-refractivity contribution is 5.94. The normalized spacial score (nSPS) is 20.2. The molecule has 2 aromatic rings. The van der Waals surface area contributed by atoms with Crippen LogP contribution in [0.5, 0.6) is 0 Å². The van der Waals surface area contributed by atoms with E-state index in [4.69, 9.17) is 0 Å². The first-order valence-corrected chi connectivity index (χ1v) is 7.19. The highest BCUT2D eigenvalue weighted by atomic mass is 19.3. The molecule has 2 heterocycles. The van der Waals surface area contributed by atoms with Gasteiger partial charge in [0.1, 0.15) is 0 Å². The summed E-state index contributed by atoms with van der Waals surface area (Å²) in [7, 11) is 3.19. The molecule has 23 heavy (non-hydrogen) atoms. The predicted octanol–water partition coefficient (Wildman–Crippen LogP) is 1.29. The van der Waals surface area contributed by atoms with Crippen molar-refractivity contribution in [1.82, 2.24) is 24.8 Å². The summed E-state index contributed by atoms with van der Waals surface area (Å²) in [4.78, 5) is 15.1. The number of benzene rings is 1. The maximum absolute atomic E-state index is 14.0. The number of rotatable bonds is 3. The van der Waals surface area contributed by atoms with Crippen LogP contribution in [0.1, 0.15) is 10.4 Å². The van der Waals surface area contributed by atoms with E-state index in [1.807, 2.05) is 0 Å². The molecule has 0 radical (unpaired) electrons. The molecule has 6 nitrogen and oxygen atoms in total. The minimum Gasteiger partial charge on any atom is -0.331 e. The Morgan fingerprint density at radius 2 is 2.00 bits per heavy atom. The molecule has 0 bridgehead atoms. The number of halogens is 2. The van der Waals surface area contributed by atoms with Crippen molar-refractivity contribution in [2.75, 3.05) is 27.2 Å². The zero-order chi connectivity index (χ0) is 16.6. The van der Waals surface area contributed by atoms with E-state index in [9.17, 15) is 13.6 Å². The Kier molecular flexibility index (Phi) is 3.85. The van der Waals surface area contributed by atoms with Gasteiger partial charge in [-0.3, -0.25) is 9.69 Å². The van der Waals surface area contributed by atoms with Crippen molar-refractivity contribution in [2.45, 2.75) is 12.0 Å². The van der Waals surface area contributed by atoms with Gasteiger partial charge in [0, 0.05) is 12.1 Å². The number of hydrogen-bond donors (Lipinski definition) is 0. The van der Waals surface area contributed by atoms with E-state index < -0.39 is 18.5 Å². The average molecular weight is 321 g/mol. The second-order valence-corrected chi connectivity index (χ2v) is 5.82. The molecule has 0 N–H and O–H groups in total. The van der Waals surface area contributed by atoms with Crippen LogP contribution in [0.4, 0.5) is 8.78 Å². The summed E-state index contributed by atoms with van der Waals surface area (Å²) in [6.45, 7) is -0.539. The maximum atomic E-state index is 14.0. The maximum Gasteiger partial charge on any atom is 0.282 e. The number of likely N-dealkylation sites (N-methyl/N-ethyl adjacent to an activating group) is 1. The number of carbonyl (C=O) groups excluding carboxylic acids is 1. The van der Waals surface area contributed by atoms with Gasteiger partial charge in [-0.25, -0.2) is 13.5 Å². The van der Waals surface area contributed by atoms with Gasteiger partial charge in [-0.15, -0.1) is 5.10 Å². The average Bonchev–Trinajstić information content (AvgIpc) is 3.14. The molecule has 3 rings (SSSR count). The second-order valence-electron chi connectivity index (χ2n) is 5.82. The van der Waals surface area contributed by atoms with Crippen LogP contribution in [0.15, 0.2) is 36.7 Å². The number of aromatic nitrogens is 3.